The van der Waals surface area contributed by atoms with Crippen molar-refractivity contribution >= 4 is 5.69 Å². The van der Waals surface area contributed by atoms with Gasteiger partial charge < -0.3 is 10.2 Å². The molecule has 1 heterocycles. The van der Waals surface area contributed by atoms with Crippen molar-refractivity contribution in [3.05, 3.63) is 29.3 Å². The molecule has 0 aliphatic carbocycles. The third-order valence-electron chi connectivity index (χ3n) is 4.44. The first-order chi connectivity index (χ1) is 9.47. The van der Waals surface area contributed by atoms with Gasteiger partial charge in [-0.15, -0.1) is 0 Å². The van der Waals surface area contributed by atoms with Crippen LogP contribution >= 0.6 is 0 Å². The molecule has 1 N–H and O–H groups in total. The molecule has 1 aliphatic heterocycles. The first-order valence-electron chi connectivity index (χ1n) is 8.05. The molecule has 0 bridgehead atoms. The van der Waals surface area contributed by atoms with E-state index in [0.29, 0.717) is 6.04 Å². The summed E-state index contributed by atoms with van der Waals surface area (Å²) >= 11 is 0. The van der Waals surface area contributed by atoms with Gasteiger partial charge in [0.2, 0.25) is 0 Å². The molecule has 1 atom stereocenters. The van der Waals surface area contributed by atoms with Crippen LogP contribution in [0.15, 0.2) is 18.2 Å². The third kappa shape index (κ3) is 3.76. The molecule has 0 spiro atoms. The Kier molecular flexibility index (Phi) is 5.09. The summed E-state index contributed by atoms with van der Waals surface area (Å²) in [5.41, 5.74) is 4.24. The molecular weight excluding hydrogens is 244 g/mol. The van der Waals surface area contributed by atoms with Gasteiger partial charge in [0.05, 0.1) is 0 Å². The minimum Gasteiger partial charge on any atom is -0.371 e. The summed E-state index contributed by atoms with van der Waals surface area (Å²) in [5.74, 6) is 1.64. The predicted molar refractivity (Wildman–Crippen MR) is 88.3 cm³/mol. The number of nitrogens with zero attached hydrogens (tertiary/aromatic N) is 1. The maximum atomic E-state index is 3.56. The smallest absolute Gasteiger partial charge is 0.0412 e. The van der Waals surface area contributed by atoms with Crippen LogP contribution in [0.3, 0.4) is 0 Å². The summed E-state index contributed by atoms with van der Waals surface area (Å²) in [6.07, 6.45) is 1.34. The van der Waals surface area contributed by atoms with E-state index in [2.05, 4.69) is 63.0 Å². The van der Waals surface area contributed by atoms with E-state index in [1.54, 1.807) is 0 Å². The Bertz CT molecular complexity index is 437. The average molecular weight is 274 g/mol. The van der Waals surface area contributed by atoms with E-state index in [1.807, 2.05) is 0 Å². The van der Waals surface area contributed by atoms with Crippen molar-refractivity contribution in [2.45, 2.75) is 53.6 Å². The van der Waals surface area contributed by atoms with Gasteiger partial charge in [-0.1, -0.05) is 45.4 Å². The van der Waals surface area contributed by atoms with Gasteiger partial charge in [0.25, 0.3) is 0 Å². The zero-order chi connectivity index (χ0) is 14.7. The Morgan fingerprint density at radius 3 is 2.60 bits per heavy atom. The van der Waals surface area contributed by atoms with Crippen LogP contribution in [0.25, 0.3) is 0 Å². The van der Waals surface area contributed by atoms with Crippen LogP contribution in [-0.2, 0) is 6.54 Å². The zero-order valence-corrected chi connectivity index (χ0v) is 13.7. The van der Waals surface area contributed by atoms with E-state index in [9.17, 15) is 0 Å². The molecule has 2 rings (SSSR count). The minimum atomic E-state index is 0.533. The van der Waals surface area contributed by atoms with Crippen molar-refractivity contribution < 1.29 is 0 Å². The van der Waals surface area contributed by atoms with E-state index in [0.717, 1.165) is 18.4 Å². The van der Waals surface area contributed by atoms with Gasteiger partial charge in [0.1, 0.15) is 0 Å². The van der Waals surface area contributed by atoms with Gasteiger partial charge in [0.15, 0.2) is 0 Å². The van der Waals surface area contributed by atoms with Gasteiger partial charge in [-0.05, 0) is 36.8 Å². The Hall–Kier alpha value is -1.02. The van der Waals surface area contributed by atoms with E-state index < -0.39 is 0 Å². The van der Waals surface area contributed by atoms with E-state index >= 15 is 0 Å². The molecule has 1 aliphatic rings. The number of benzene rings is 1. The molecule has 112 valence electrons. The lowest BCUT2D eigenvalue weighted by molar-refractivity contribution is 0.422. The second kappa shape index (κ2) is 6.62. The lowest BCUT2D eigenvalue weighted by atomic mass is 9.95. The molecule has 2 nitrogen and oxygen atoms in total. The van der Waals surface area contributed by atoms with Crippen LogP contribution < -0.4 is 10.2 Å². The normalized spacial score (nSPS) is 19.4. The van der Waals surface area contributed by atoms with Gasteiger partial charge in [-0.3, -0.25) is 0 Å². The van der Waals surface area contributed by atoms with Gasteiger partial charge in [-0.2, -0.15) is 0 Å². The molecule has 2 heteroatoms. The summed E-state index contributed by atoms with van der Waals surface area (Å²) in [6.45, 7) is 14.7. The second-order valence-electron chi connectivity index (χ2n) is 6.91. The molecule has 0 saturated carbocycles. The second-order valence-corrected chi connectivity index (χ2v) is 6.91. The fourth-order valence-corrected chi connectivity index (χ4v) is 3.03. The lowest BCUT2D eigenvalue weighted by Crippen LogP contribution is -2.26. The van der Waals surface area contributed by atoms with Crippen LogP contribution in [0.1, 0.15) is 45.2 Å². The van der Waals surface area contributed by atoms with E-state index in [4.69, 9.17) is 0 Å². The summed E-state index contributed by atoms with van der Waals surface area (Å²) in [5, 5.41) is 3.56. The van der Waals surface area contributed by atoms with Gasteiger partial charge >= 0.3 is 0 Å². The Labute approximate surface area is 124 Å². The molecule has 1 aromatic carbocycles. The predicted octanol–water partition coefficient (Wildman–Crippen LogP) is 3.98. The Balaban J connectivity index is 2.14. The fourth-order valence-electron chi connectivity index (χ4n) is 3.03. The Morgan fingerprint density at radius 2 is 2.00 bits per heavy atom. The molecule has 0 amide bonds. The largest absolute Gasteiger partial charge is 0.371 e. The van der Waals surface area contributed by atoms with Crippen molar-refractivity contribution in [3.63, 3.8) is 0 Å². The first kappa shape index (κ1) is 15.4. The number of hydrogen-bond acceptors (Lipinski definition) is 2. The summed E-state index contributed by atoms with van der Waals surface area (Å²) < 4.78 is 0. The maximum Gasteiger partial charge on any atom is 0.0412 e. The van der Waals surface area contributed by atoms with Crippen molar-refractivity contribution in [1.82, 2.24) is 5.32 Å². The fraction of sp³-hybridized carbons (Fsp3) is 0.667. The van der Waals surface area contributed by atoms with Crippen molar-refractivity contribution in [3.8, 4) is 0 Å². The van der Waals surface area contributed by atoms with Crippen LogP contribution in [0, 0.1) is 18.8 Å². The number of rotatable bonds is 5. The first-order valence-corrected chi connectivity index (χ1v) is 8.05. The highest BCUT2D eigenvalue weighted by Crippen LogP contribution is 2.31. The molecular formula is C18H30N2. The van der Waals surface area contributed by atoms with E-state index in [1.165, 1.54) is 36.3 Å². The topological polar surface area (TPSA) is 15.3 Å². The quantitative estimate of drug-likeness (QED) is 0.874. The standard InChI is InChI=1S/C18H30N2/c1-13(2)16-8-9-20(12-16)18-7-6-15(5)10-17(18)11-19-14(3)4/h6-7,10,13-14,16,19H,8-9,11-12H2,1-5H3. The highest BCUT2D eigenvalue weighted by molar-refractivity contribution is 5.55. The number of anilines is 1. The van der Waals surface area contributed by atoms with Crippen molar-refractivity contribution in [2.75, 3.05) is 18.0 Å². The third-order valence-corrected chi connectivity index (χ3v) is 4.44. The van der Waals surface area contributed by atoms with Gasteiger partial charge in [-0.25, -0.2) is 0 Å². The molecule has 1 fully saturated rings. The molecule has 1 saturated heterocycles. The average Bonchev–Trinajstić information content (AvgIpc) is 2.86. The van der Waals surface area contributed by atoms with Crippen LogP contribution in [0.5, 0.6) is 0 Å². The zero-order valence-electron chi connectivity index (χ0n) is 13.7. The van der Waals surface area contributed by atoms with E-state index in [-0.39, 0.29) is 0 Å². The summed E-state index contributed by atoms with van der Waals surface area (Å²) in [4.78, 5) is 2.58. The molecule has 1 unspecified atom stereocenters. The van der Waals surface area contributed by atoms with Gasteiger partial charge in [0, 0.05) is 31.4 Å². The summed E-state index contributed by atoms with van der Waals surface area (Å²) in [6, 6.07) is 7.44. The van der Waals surface area contributed by atoms with Crippen LogP contribution in [-0.4, -0.2) is 19.1 Å². The minimum absolute atomic E-state index is 0.533. The van der Waals surface area contributed by atoms with Crippen molar-refractivity contribution in [1.29, 1.82) is 0 Å². The van der Waals surface area contributed by atoms with Crippen LogP contribution in [0.4, 0.5) is 5.69 Å². The van der Waals surface area contributed by atoms with Crippen LogP contribution in [0.2, 0.25) is 0 Å². The maximum absolute atomic E-state index is 3.56. The lowest BCUT2D eigenvalue weighted by Gasteiger charge is -2.24. The Morgan fingerprint density at radius 1 is 1.25 bits per heavy atom. The highest BCUT2D eigenvalue weighted by Gasteiger charge is 2.26. The molecule has 20 heavy (non-hydrogen) atoms. The SMILES string of the molecule is Cc1ccc(N2CCC(C(C)C)C2)c(CNC(C)C)c1. The number of aryl methyl sites for hydroxylation is 1. The van der Waals surface area contributed by atoms with Crippen molar-refractivity contribution in [2.24, 2.45) is 11.8 Å². The number of nitrogens with one attached hydrogen (secondary N) is 1. The molecule has 0 aromatic heterocycles. The molecule has 1 aromatic rings. The monoisotopic (exact) mass is 274 g/mol. The molecule has 0 radical (unpaired) electrons. The summed E-state index contributed by atoms with van der Waals surface area (Å²) in [7, 11) is 0. The highest BCUT2D eigenvalue weighted by atomic mass is 15.2. The number of hydrogen-bond donors (Lipinski definition) is 1.